The van der Waals surface area contributed by atoms with E-state index in [-0.39, 0.29) is 12.0 Å². The van der Waals surface area contributed by atoms with Crippen LogP contribution in [0.15, 0.2) is 18.2 Å². The molecule has 1 saturated heterocycles. The molecule has 1 amide bonds. The van der Waals surface area contributed by atoms with E-state index < -0.39 is 0 Å². The molecule has 0 spiro atoms. The van der Waals surface area contributed by atoms with Crippen LogP contribution in [0, 0.1) is 0 Å². The van der Waals surface area contributed by atoms with Crippen molar-refractivity contribution in [3.8, 4) is 11.3 Å². The second-order valence-electron chi connectivity index (χ2n) is 7.97. The highest BCUT2D eigenvalue weighted by Crippen LogP contribution is 2.34. The van der Waals surface area contributed by atoms with Crippen molar-refractivity contribution in [1.82, 2.24) is 20.0 Å². The van der Waals surface area contributed by atoms with Crippen molar-refractivity contribution < 1.29 is 9.53 Å². The number of rotatable bonds is 2. The first-order valence-corrected chi connectivity index (χ1v) is 9.97. The van der Waals surface area contributed by atoms with Crippen molar-refractivity contribution in [3.05, 3.63) is 40.6 Å². The van der Waals surface area contributed by atoms with Crippen LogP contribution in [0.1, 0.15) is 35.2 Å². The number of benzene rings is 1. The molecule has 4 heterocycles. The summed E-state index contributed by atoms with van der Waals surface area (Å²) >= 11 is 0. The summed E-state index contributed by atoms with van der Waals surface area (Å²) in [6.07, 6.45) is 3.30. The molecule has 2 aromatic rings. The van der Waals surface area contributed by atoms with Gasteiger partial charge in [0.05, 0.1) is 5.69 Å². The van der Waals surface area contributed by atoms with Crippen molar-refractivity contribution in [2.24, 2.45) is 0 Å². The lowest BCUT2D eigenvalue weighted by molar-refractivity contribution is -0.140. The van der Waals surface area contributed by atoms with Gasteiger partial charge in [0.25, 0.3) is 5.91 Å². The number of hydrogen-bond donors (Lipinski definition) is 1. The van der Waals surface area contributed by atoms with Crippen LogP contribution in [0.25, 0.3) is 11.3 Å². The fourth-order valence-corrected chi connectivity index (χ4v) is 4.71. The Balaban J connectivity index is 1.41. The van der Waals surface area contributed by atoms with Crippen molar-refractivity contribution in [3.63, 3.8) is 0 Å². The predicted octanol–water partition coefficient (Wildman–Crippen LogP) is 2.13. The summed E-state index contributed by atoms with van der Waals surface area (Å²) in [5.74, 6) is 0.161. The zero-order valence-corrected chi connectivity index (χ0v) is 15.8. The fraction of sp³-hybridized carbons (Fsp3) is 0.524. The van der Waals surface area contributed by atoms with Crippen LogP contribution in [0.3, 0.4) is 0 Å². The lowest BCUT2D eigenvalue weighted by Crippen LogP contribution is -2.40. The van der Waals surface area contributed by atoms with E-state index in [4.69, 9.17) is 4.74 Å². The summed E-state index contributed by atoms with van der Waals surface area (Å²) in [5, 5.41) is 7.95. The summed E-state index contributed by atoms with van der Waals surface area (Å²) in [7, 11) is 2.16. The van der Waals surface area contributed by atoms with Crippen molar-refractivity contribution in [2.75, 3.05) is 26.7 Å². The van der Waals surface area contributed by atoms with Gasteiger partial charge in [0, 0.05) is 56.0 Å². The van der Waals surface area contributed by atoms with E-state index in [0.29, 0.717) is 6.61 Å². The largest absolute Gasteiger partial charge is 0.368 e. The Morgan fingerprint density at radius 1 is 1.22 bits per heavy atom. The van der Waals surface area contributed by atoms with E-state index >= 15 is 0 Å². The first-order chi connectivity index (χ1) is 13.2. The highest BCUT2D eigenvalue weighted by atomic mass is 16.5. The normalized spacial score (nSPS) is 22.6. The molecular weight excluding hydrogens is 340 g/mol. The summed E-state index contributed by atoms with van der Waals surface area (Å²) < 4.78 is 5.60. The number of fused-ring (bicyclic) bond motifs is 2. The highest BCUT2D eigenvalue weighted by molar-refractivity contribution is 5.81. The molecule has 3 aliphatic heterocycles. The van der Waals surface area contributed by atoms with Gasteiger partial charge in [0.2, 0.25) is 0 Å². The minimum absolute atomic E-state index is 0.161. The summed E-state index contributed by atoms with van der Waals surface area (Å²) in [6, 6.07) is 6.54. The molecule has 0 radical (unpaired) electrons. The van der Waals surface area contributed by atoms with E-state index in [0.717, 1.165) is 57.6 Å². The van der Waals surface area contributed by atoms with Crippen molar-refractivity contribution in [2.45, 2.75) is 44.9 Å². The van der Waals surface area contributed by atoms with Crippen LogP contribution in [-0.2, 0) is 35.5 Å². The molecule has 5 rings (SSSR count). The maximum atomic E-state index is 12.7. The molecule has 0 unspecified atom stereocenters. The summed E-state index contributed by atoms with van der Waals surface area (Å²) in [6.45, 7) is 4.16. The minimum atomic E-state index is -0.230. The minimum Gasteiger partial charge on any atom is -0.368 e. The van der Waals surface area contributed by atoms with Gasteiger partial charge in [0.15, 0.2) is 0 Å². The maximum absolute atomic E-state index is 12.7. The molecule has 6 heteroatoms. The molecule has 1 fully saturated rings. The molecule has 27 heavy (non-hydrogen) atoms. The average Bonchev–Trinajstić information content (AvgIpc) is 3.38. The average molecular weight is 366 g/mol. The van der Waals surface area contributed by atoms with Gasteiger partial charge >= 0.3 is 0 Å². The maximum Gasteiger partial charge on any atom is 0.251 e. The lowest BCUT2D eigenvalue weighted by Gasteiger charge is -2.23. The van der Waals surface area contributed by atoms with E-state index in [1.165, 1.54) is 27.9 Å². The quantitative estimate of drug-likeness (QED) is 0.885. The van der Waals surface area contributed by atoms with Gasteiger partial charge in [-0.25, -0.2) is 0 Å². The van der Waals surface area contributed by atoms with E-state index in [9.17, 15) is 4.79 Å². The number of aromatic amines is 1. The molecule has 3 aliphatic rings. The Labute approximate surface area is 159 Å². The first-order valence-electron chi connectivity index (χ1n) is 9.97. The van der Waals surface area contributed by atoms with Gasteiger partial charge in [-0.3, -0.25) is 14.8 Å². The Morgan fingerprint density at radius 2 is 2.11 bits per heavy atom. The van der Waals surface area contributed by atoms with Crippen LogP contribution in [-0.4, -0.2) is 58.8 Å². The van der Waals surface area contributed by atoms with Gasteiger partial charge in [-0.05, 0) is 37.4 Å². The molecular formula is C21H26N4O2. The number of carbonyl (C=O) groups is 1. The van der Waals surface area contributed by atoms with Gasteiger partial charge in [-0.2, -0.15) is 5.10 Å². The van der Waals surface area contributed by atoms with Crippen molar-refractivity contribution in [1.29, 1.82) is 0 Å². The third-order valence-corrected chi connectivity index (χ3v) is 6.13. The topological polar surface area (TPSA) is 61.5 Å². The third-order valence-electron chi connectivity index (χ3n) is 6.13. The molecule has 1 aromatic heterocycles. The Bertz CT molecular complexity index is 869. The second kappa shape index (κ2) is 6.77. The monoisotopic (exact) mass is 366 g/mol. The number of aromatic nitrogens is 2. The molecule has 1 aromatic carbocycles. The second-order valence-corrected chi connectivity index (χ2v) is 7.97. The van der Waals surface area contributed by atoms with Gasteiger partial charge in [-0.15, -0.1) is 0 Å². The van der Waals surface area contributed by atoms with Gasteiger partial charge in [-0.1, -0.05) is 18.2 Å². The zero-order valence-electron chi connectivity index (χ0n) is 15.8. The molecule has 0 bridgehead atoms. The SMILES string of the molecule is CN1Cc2cccc(-c3n[nH]c4c3CCN(C(=O)[C@H]3CCCO3)CC4)c2C1. The Morgan fingerprint density at radius 3 is 2.96 bits per heavy atom. The molecule has 6 nitrogen and oxygen atoms in total. The standard InChI is InChI=1S/C21H26N4O2/c1-24-12-14-4-2-5-15(17(14)13-24)20-16-7-9-25(10-8-18(16)22-23-20)21(26)19-6-3-11-27-19/h2,4-5,19H,3,6-13H2,1H3,(H,22,23)/t19-/m1/s1. The van der Waals surface area contributed by atoms with E-state index in [1.807, 2.05) is 4.90 Å². The molecule has 0 saturated carbocycles. The predicted molar refractivity (Wildman–Crippen MR) is 102 cm³/mol. The van der Waals surface area contributed by atoms with Crippen LogP contribution < -0.4 is 0 Å². The number of ether oxygens (including phenoxy) is 1. The number of H-pyrrole nitrogens is 1. The van der Waals surface area contributed by atoms with Crippen LogP contribution in [0.2, 0.25) is 0 Å². The smallest absolute Gasteiger partial charge is 0.251 e. The van der Waals surface area contributed by atoms with Crippen LogP contribution in [0.5, 0.6) is 0 Å². The Hall–Kier alpha value is -2.18. The Kier molecular flexibility index (Phi) is 4.25. The highest BCUT2D eigenvalue weighted by Gasteiger charge is 2.31. The van der Waals surface area contributed by atoms with Gasteiger partial charge in [0.1, 0.15) is 6.10 Å². The van der Waals surface area contributed by atoms with Crippen LogP contribution >= 0.6 is 0 Å². The molecule has 1 N–H and O–H groups in total. The van der Waals surface area contributed by atoms with E-state index in [2.05, 4.69) is 40.3 Å². The first kappa shape index (κ1) is 17.0. The number of nitrogens with one attached hydrogen (secondary N) is 1. The van der Waals surface area contributed by atoms with Crippen molar-refractivity contribution >= 4 is 5.91 Å². The summed E-state index contributed by atoms with van der Waals surface area (Å²) in [5.41, 5.74) is 7.57. The van der Waals surface area contributed by atoms with E-state index in [1.54, 1.807) is 0 Å². The fourth-order valence-electron chi connectivity index (χ4n) is 4.71. The number of nitrogens with zero attached hydrogens (tertiary/aromatic N) is 3. The number of hydrogen-bond acceptors (Lipinski definition) is 4. The van der Waals surface area contributed by atoms with Gasteiger partial charge < -0.3 is 9.64 Å². The molecule has 0 aliphatic carbocycles. The third kappa shape index (κ3) is 2.97. The zero-order chi connectivity index (χ0) is 18.4. The van der Waals surface area contributed by atoms with Crippen LogP contribution in [0.4, 0.5) is 0 Å². The number of carbonyl (C=O) groups excluding carboxylic acids is 1. The molecule has 142 valence electrons. The number of amides is 1. The summed E-state index contributed by atoms with van der Waals surface area (Å²) in [4.78, 5) is 17.1. The lowest BCUT2D eigenvalue weighted by atomic mass is 9.96. The molecule has 1 atom stereocenters.